The first-order chi connectivity index (χ1) is 15.8. The highest BCUT2D eigenvalue weighted by Crippen LogP contribution is 2.46. The number of rotatable bonds is 9. The topological polar surface area (TPSA) is 65.5 Å². The minimum Gasteiger partial charge on any atom is -0.392 e. The van der Waals surface area contributed by atoms with Gasteiger partial charge in [0, 0.05) is 10.8 Å². The highest BCUT2D eigenvalue weighted by atomic mass is 16.6. The van der Waals surface area contributed by atoms with Crippen LogP contribution < -0.4 is 0 Å². The van der Waals surface area contributed by atoms with Gasteiger partial charge in [0.2, 0.25) is 0 Å². The highest BCUT2D eigenvalue weighted by Gasteiger charge is 2.49. The third kappa shape index (κ3) is 5.95. The van der Waals surface area contributed by atoms with Crippen molar-refractivity contribution in [3.63, 3.8) is 0 Å². The molecule has 0 saturated carbocycles. The van der Waals surface area contributed by atoms with E-state index in [1.807, 2.05) is 0 Å². The van der Waals surface area contributed by atoms with Gasteiger partial charge in [0.15, 0.2) is 0 Å². The van der Waals surface area contributed by atoms with Crippen LogP contribution >= 0.6 is 0 Å². The second-order valence-electron chi connectivity index (χ2n) is 12.8. The van der Waals surface area contributed by atoms with Crippen molar-refractivity contribution in [3.05, 3.63) is 47.6 Å². The highest BCUT2D eigenvalue weighted by molar-refractivity contribution is 5.32. The summed E-state index contributed by atoms with van der Waals surface area (Å²) < 4.78 is 11.5. The number of allylic oxidation sites excluding steroid dienone is 6. The lowest BCUT2D eigenvalue weighted by atomic mass is 9.72. The molecule has 4 nitrogen and oxygen atoms in total. The van der Waals surface area contributed by atoms with Crippen LogP contribution in [-0.4, -0.2) is 45.8 Å². The van der Waals surface area contributed by atoms with Crippen molar-refractivity contribution >= 4 is 0 Å². The lowest BCUT2D eigenvalue weighted by Crippen LogP contribution is -2.34. The summed E-state index contributed by atoms with van der Waals surface area (Å²) in [4.78, 5) is 0. The summed E-state index contributed by atoms with van der Waals surface area (Å²) in [5.41, 5.74) is 2.25. The molecule has 6 atom stereocenters. The molecule has 4 heteroatoms. The van der Waals surface area contributed by atoms with Gasteiger partial charge < -0.3 is 19.7 Å². The van der Waals surface area contributed by atoms with Gasteiger partial charge >= 0.3 is 0 Å². The fourth-order valence-corrected chi connectivity index (χ4v) is 5.91. The van der Waals surface area contributed by atoms with E-state index in [1.165, 1.54) is 11.1 Å². The van der Waals surface area contributed by atoms with Gasteiger partial charge in [0.05, 0.1) is 35.6 Å². The molecule has 34 heavy (non-hydrogen) atoms. The largest absolute Gasteiger partial charge is 0.392 e. The summed E-state index contributed by atoms with van der Waals surface area (Å²) in [6.45, 7) is 12.9. The van der Waals surface area contributed by atoms with Crippen LogP contribution in [0.1, 0.15) is 92.9 Å². The second kappa shape index (κ2) is 9.35. The predicted molar refractivity (Wildman–Crippen MR) is 138 cm³/mol. The molecule has 0 bridgehead atoms. The summed E-state index contributed by atoms with van der Waals surface area (Å²) in [6.07, 6.45) is 20.6. The fraction of sp³-hybridized carbons (Fsp3) is 0.733. The Labute approximate surface area is 206 Å². The van der Waals surface area contributed by atoms with Gasteiger partial charge in [-0.2, -0.15) is 0 Å². The third-order valence-electron chi connectivity index (χ3n) is 8.92. The number of aliphatic hydroxyl groups is 2. The Bertz CT molecular complexity index is 806. The molecule has 2 fully saturated rings. The first kappa shape index (κ1) is 25.9. The zero-order valence-electron chi connectivity index (χ0n) is 22.1. The molecule has 2 heterocycles. The molecule has 2 N–H and O–H groups in total. The lowest BCUT2D eigenvalue weighted by Gasteiger charge is -2.36. The van der Waals surface area contributed by atoms with Crippen LogP contribution in [0, 0.1) is 10.8 Å². The number of epoxide rings is 2. The van der Waals surface area contributed by atoms with E-state index in [0.29, 0.717) is 12.2 Å². The summed E-state index contributed by atoms with van der Waals surface area (Å²) in [5.74, 6) is 0. The van der Waals surface area contributed by atoms with Crippen molar-refractivity contribution in [2.24, 2.45) is 10.8 Å². The van der Waals surface area contributed by atoms with Gasteiger partial charge in [-0.25, -0.2) is 0 Å². The molecule has 2 aliphatic carbocycles. The molecule has 0 amide bonds. The minimum atomic E-state index is -0.287. The van der Waals surface area contributed by atoms with Gasteiger partial charge in [-0.1, -0.05) is 61.4 Å². The van der Waals surface area contributed by atoms with Crippen LogP contribution in [0.25, 0.3) is 0 Å². The van der Waals surface area contributed by atoms with Crippen LogP contribution in [0.3, 0.4) is 0 Å². The van der Waals surface area contributed by atoms with E-state index < -0.39 is 0 Å². The van der Waals surface area contributed by atoms with Crippen molar-refractivity contribution in [3.8, 4) is 0 Å². The van der Waals surface area contributed by atoms with E-state index in [2.05, 4.69) is 78.0 Å². The fourth-order valence-electron chi connectivity index (χ4n) is 5.91. The molecule has 0 spiro atoms. The van der Waals surface area contributed by atoms with Crippen molar-refractivity contribution in [1.29, 1.82) is 0 Å². The molecule has 2 saturated heterocycles. The average Bonchev–Trinajstić information content (AvgIpc) is 3.60. The van der Waals surface area contributed by atoms with Gasteiger partial charge in [-0.15, -0.1) is 0 Å². The summed E-state index contributed by atoms with van der Waals surface area (Å²) in [7, 11) is 0. The van der Waals surface area contributed by atoms with Gasteiger partial charge in [-0.3, -0.25) is 0 Å². The van der Waals surface area contributed by atoms with Crippen LogP contribution in [0.2, 0.25) is 0 Å². The molecule has 2 unspecified atom stereocenters. The zero-order valence-corrected chi connectivity index (χ0v) is 22.1. The summed E-state index contributed by atoms with van der Waals surface area (Å²) >= 11 is 0. The van der Waals surface area contributed by atoms with Crippen molar-refractivity contribution in [1.82, 2.24) is 0 Å². The molecule has 0 aromatic rings. The maximum Gasteiger partial charge on any atom is 0.0892 e. The molecule has 2 aliphatic heterocycles. The Morgan fingerprint density at radius 3 is 1.41 bits per heavy atom. The van der Waals surface area contributed by atoms with Gasteiger partial charge in [0.1, 0.15) is 0 Å². The summed E-state index contributed by atoms with van der Waals surface area (Å²) in [6, 6.07) is 0. The number of hydrogen-bond acceptors (Lipinski definition) is 4. The Balaban J connectivity index is 1.34. The Morgan fingerprint density at radius 1 is 0.735 bits per heavy atom. The molecule has 0 radical (unpaired) electrons. The first-order valence-electron chi connectivity index (χ1n) is 13.3. The maximum atomic E-state index is 10.7. The van der Waals surface area contributed by atoms with Gasteiger partial charge in [0.25, 0.3) is 0 Å². The molecule has 190 valence electrons. The van der Waals surface area contributed by atoms with Crippen LogP contribution in [0.5, 0.6) is 0 Å². The van der Waals surface area contributed by atoms with E-state index in [9.17, 15) is 10.2 Å². The second-order valence-corrected chi connectivity index (χ2v) is 12.8. The van der Waals surface area contributed by atoms with E-state index in [-0.39, 0.29) is 34.2 Å². The number of hydrogen-bond donors (Lipinski definition) is 2. The predicted octanol–water partition coefficient (Wildman–Crippen LogP) is 6.19. The summed E-state index contributed by atoms with van der Waals surface area (Å²) in [5, 5.41) is 21.3. The van der Waals surface area contributed by atoms with Crippen LogP contribution in [-0.2, 0) is 9.47 Å². The first-order valence-corrected chi connectivity index (χ1v) is 13.3. The van der Waals surface area contributed by atoms with Crippen molar-refractivity contribution < 1.29 is 19.7 Å². The zero-order chi connectivity index (χ0) is 24.8. The quantitative estimate of drug-likeness (QED) is 0.311. The van der Waals surface area contributed by atoms with Gasteiger partial charge in [-0.05, 0) is 79.1 Å². The monoisotopic (exact) mass is 470 g/mol. The standard InChI is InChI=1S/C30H46O4/c1-27(2)25(33-27)15-17-29(5)19-21(11-13-23(29)31)9-7-8-10-22-12-14-24(32)30(6,20-22)18-16-26-28(3,4)34-26/h7-10,19-20,23-26,31-32H,11-18H2,1-6H3/b9-7+,10-8+/t23-,24-,25?,26?,29-,30-/m1/s1. The van der Waals surface area contributed by atoms with Crippen LogP contribution in [0.15, 0.2) is 47.6 Å². The van der Waals surface area contributed by atoms with Crippen LogP contribution in [0.4, 0.5) is 0 Å². The lowest BCUT2D eigenvalue weighted by molar-refractivity contribution is 0.0474. The molecular formula is C30H46O4. The van der Waals surface area contributed by atoms with Crippen molar-refractivity contribution in [2.45, 2.75) is 129 Å². The number of ether oxygens (including phenoxy) is 2. The third-order valence-corrected chi connectivity index (χ3v) is 8.92. The molecule has 4 aliphatic rings. The molecule has 0 aromatic carbocycles. The number of aliphatic hydroxyl groups excluding tert-OH is 2. The van der Waals surface area contributed by atoms with E-state index in [4.69, 9.17) is 9.47 Å². The molecular weight excluding hydrogens is 424 g/mol. The maximum absolute atomic E-state index is 10.7. The Kier molecular flexibility index (Phi) is 7.12. The Hall–Kier alpha value is -1.20. The minimum absolute atomic E-state index is 0.00934. The van der Waals surface area contributed by atoms with E-state index in [0.717, 1.165) is 51.4 Å². The smallest absolute Gasteiger partial charge is 0.0892 e. The molecule has 4 rings (SSSR count). The normalized spacial score (nSPS) is 40.9. The SMILES string of the molecule is CC1(C)OC1CC[C@]1(C)C=C(/C=C/C=C/C2=C[C@@](C)(CCC3OC3(C)C)[C@H](O)CC2)CC[C@H]1O. The molecule has 0 aromatic heterocycles. The van der Waals surface area contributed by atoms with Crippen molar-refractivity contribution in [2.75, 3.05) is 0 Å². The average molecular weight is 471 g/mol. The van der Waals surface area contributed by atoms with E-state index >= 15 is 0 Å². The van der Waals surface area contributed by atoms with E-state index in [1.54, 1.807) is 0 Å². The Morgan fingerprint density at radius 2 is 1.09 bits per heavy atom.